The molecule has 0 spiro atoms. The summed E-state index contributed by atoms with van der Waals surface area (Å²) in [6.07, 6.45) is 0.107. The van der Waals surface area contributed by atoms with Crippen LogP contribution in [0.5, 0.6) is 17.2 Å². The minimum absolute atomic E-state index is 0.0990. The Morgan fingerprint density at radius 1 is 0.879 bits per heavy atom. The fourth-order valence-corrected chi connectivity index (χ4v) is 4.39. The maximum atomic E-state index is 13.0. The summed E-state index contributed by atoms with van der Waals surface area (Å²) in [6.45, 7) is 2.38. The van der Waals surface area contributed by atoms with Crippen molar-refractivity contribution in [2.75, 3.05) is 30.9 Å². The summed E-state index contributed by atoms with van der Waals surface area (Å²) in [7, 11) is -1.05. The summed E-state index contributed by atoms with van der Waals surface area (Å²) in [5.41, 5.74) is 1.47. The van der Waals surface area contributed by atoms with Gasteiger partial charge in [-0.1, -0.05) is 12.1 Å². The van der Waals surface area contributed by atoms with Crippen LogP contribution in [0.25, 0.3) is 0 Å². The van der Waals surface area contributed by atoms with E-state index >= 15 is 0 Å². The molecule has 3 rings (SSSR count). The first kappa shape index (κ1) is 23.9. The van der Waals surface area contributed by atoms with Gasteiger partial charge in [0.2, 0.25) is 5.91 Å². The Labute approximate surface area is 193 Å². The number of carbonyl (C=O) groups excluding carboxylic acids is 1. The van der Waals surface area contributed by atoms with Crippen LogP contribution in [-0.2, 0) is 21.2 Å². The molecule has 0 aliphatic heterocycles. The number of nitrogens with one attached hydrogen (secondary N) is 2. The van der Waals surface area contributed by atoms with Gasteiger partial charge in [-0.3, -0.25) is 9.52 Å². The van der Waals surface area contributed by atoms with Crippen molar-refractivity contribution in [1.29, 1.82) is 0 Å². The van der Waals surface area contributed by atoms with Crippen LogP contribution in [0, 0.1) is 0 Å². The molecule has 0 atom stereocenters. The van der Waals surface area contributed by atoms with E-state index < -0.39 is 10.0 Å². The Bertz CT molecular complexity index is 1210. The van der Waals surface area contributed by atoms with E-state index in [-0.39, 0.29) is 23.0 Å². The molecular weight excluding hydrogens is 444 g/mol. The molecule has 0 heterocycles. The van der Waals surface area contributed by atoms with Crippen molar-refractivity contribution in [3.63, 3.8) is 0 Å². The molecule has 0 bridgehead atoms. The maximum Gasteiger partial charge on any atom is 0.265 e. The van der Waals surface area contributed by atoms with E-state index in [1.165, 1.54) is 19.2 Å². The Morgan fingerprint density at radius 3 is 2.27 bits per heavy atom. The zero-order chi connectivity index (χ0) is 23.8. The van der Waals surface area contributed by atoms with E-state index in [0.29, 0.717) is 29.5 Å². The Kier molecular flexibility index (Phi) is 7.78. The molecular formula is C24H26N2O6S. The molecule has 3 aromatic rings. The number of carbonyl (C=O) groups is 1. The van der Waals surface area contributed by atoms with Crippen molar-refractivity contribution in [3.8, 4) is 17.2 Å². The van der Waals surface area contributed by atoms with Gasteiger partial charge in [0.1, 0.15) is 22.1 Å². The third-order valence-corrected chi connectivity index (χ3v) is 6.06. The van der Waals surface area contributed by atoms with E-state index in [1.54, 1.807) is 55.6 Å². The number of sulfonamides is 1. The summed E-state index contributed by atoms with van der Waals surface area (Å²) in [4.78, 5) is 12.4. The zero-order valence-corrected chi connectivity index (χ0v) is 19.4. The van der Waals surface area contributed by atoms with Crippen LogP contribution < -0.4 is 24.2 Å². The average molecular weight is 471 g/mol. The van der Waals surface area contributed by atoms with E-state index in [1.807, 2.05) is 13.0 Å². The topological polar surface area (TPSA) is 103 Å². The Morgan fingerprint density at radius 2 is 1.61 bits per heavy atom. The molecule has 33 heavy (non-hydrogen) atoms. The summed E-state index contributed by atoms with van der Waals surface area (Å²) in [5, 5.41) is 2.73. The summed E-state index contributed by atoms with van der Waals surface area (Å²) >= 11 is 0. The molecule has 0 saturated heterocycles. The second-order valence-electron chi connectivity index (χ2n) is 7.01. The van der Waals surface area contributed by atoms with Gasteiger partial charge in [0.25, 0.3) is 10.0 Å². The fraction of sp³-hybridized carbons (Fsp3) is 0.208. The lowest BCUT2D eigenvalue weighted by Crippen LogP contribution is -2.17. The van der Waals surface area contributed by atoms with Gasteiger partial charge in [0, 0.05) is 11.4 Å². The lowest BCUT2D eigenvalue weighted by molar-refractivity contribution is -0.115. The number of ether oxygens (including phenoxy) is 3. The van der Waals surface area contributed by atoms with E-state index in [0.717, 1.165) is 5.56 Å². The van der Waals surface area contributed by atoms with Crippen molar-refractivity contribution in [3.05, 3.63) is 72.3 Å². The maximum absolute atomic E-state index is 13.0. The van der Waals surface area contributed by atoms with E-state index in [2.05, 4.69) is 10.0 Å². The molecule has 0 fully saturated rings. The second kappa shape index (κ2) is 10.7. The third-order valence-electron chi connectivity index (χ3n) is 4.65. The second-order valence-corrected chi connectivity index (χ2v) is 8.66. The highest BCUT2D eigenvalue weighted by Gasteiger charge is 2.21. The van der Waals surface area contributed by atoms with E-state index in [4.69, 9.17) is 14.2 Å². The standard InChI is InChI=1S/C24H26N2O6S/c1-4-32-20-11-8-18(9-12-20)26-33(28,29)23-16-19(10-13-22(23)31-3)25-24(27)15-17-6-5-7-21(14-17)30-2/h5-14,16,26H,4,15H2,1-3H3,(H,25,27). The smallest absolute Gasteiger partial charge is 0.265 e. The van der Waals surface area contributed by atoms with Crippen LogP contribution in [0.4, 0.5) is 11.4 Å². The van der Waals surface area contributed by atoms with Gasteiger partial charge in [0.05, 0.1) is 27.2 Å². The molecule has 1 amide bonds. The summed E-state index contributed by atoms with van der Waals surface area (Å²) in [6, 6.07) is 18.2. The van der Waals surface area contributed by atoms with Crippen molar-refractivity contribution in [1.82, 2.24) is 0 Å². The fourth-order valence-electron chi connectivity index (χ4n) is 3.13. The molecule has 0 radical (unpaired) electrons. The summed E-state index contributed by atoms with van der Waals surface area (Å²) < 4.78 is 44.4. The highest BCUT2D eigenvalue weighted by molar-refractivity contribution is 7.92. The Hall–Kier alpha value is -3.72. The molecule has 0 unspecified atom stereocenters. The normalized spacial score (nSPS) is 10.9. The molecule has 2 N–H and O–H groups in total. The predicted octanol–water partition coefficient (Wildman–Crippen LogP) is 4.08. The van der Waals surface area contributed by atoms with Gasteiger partial charge in [-0.2, -0.15) is 0 Å². The van der Waals surface area contributed by atoms with Crippen LogP contribution in [0.2, 0.25) is 0 Å². The molecule has 3 aromatic carbocycles. The first-order chi connectivity index (χ1) is 15.8. The minimum Gasteiger partial charge on any atom is -0.497 e. The number of benzene rings is 3. The zero-order valence-electron chi connectivity index (χ0n) is 18.6. The van der Waals surface area contributed by atoms with Gasteiger partial charge in [-0.15, -0.1) is 0 Å². The van der Waals surface area contributed by atoms with Crippen molar-refractivity contribution < 1.29 is 27.4 Å². The molecule has 8 nitrogen and oxygen atoms in total. The number of rotatable bonds is 10. The largest absolute Gasteiger partial charge is 0.497 e. The minimum atomic E-state index is -3.99. The monoisotopic (exact) mass is 470 g/mol. The number of hydrogen-bond acceptors (Lipinski definition) is 6. The van der Waals surface area contributed by atoms with Crippen LogP contribution in [0.3, 0.4) is 0 Å². The van der Waals surface area contributed by atoms with Crippen molar-refractivity contribution in [2.45, 2.75) is 18.2 Å². The van der Waals surface area contributed by atoms with Crippen LogP contribution >= 0.6 is 0 Å². The summed E-state index contributed by atoms with van der Waals surface area (Å²) in [5.74, 6) is 1.15. The number of methoxy groups -OCH3 is 2. The van der Waals surface area contributed by atoms with Crippen LogP contribution in [-0.4, -0.2) is 35.2 Å². The average Bonchev–Trinajstić information content (AvgIpc) is 2.80. The highest BCUT2D eigenvalue weighted by atomic mass is 32.2. The predicted molar refractivity (Wildman–Crippen MR) is 127 cm³/mol. The van der Waals surface area contributed by atoms with Crippen LogP contribution in [0.15, 0.2) is 71.6 Å². The van der Waals surface area contributed by atoms with Gasteiger partial charge in [0.15, 0.2) is 0 Å². The lowest BCUT2D eigenvalue weighted by Gasteiger charge is -2.14. The van der Waals surface area contributed by atoms with Gasteiger partial charge in [-0.05, 0) is 67.1 Å². The van der Waals surface area contributed by atoms with Crippen LogP contribution in [0.1, 0.15) is 12.5 Å². The number of hydrogen-bond donors (Lipinski definition) is 2. The molecule has 0 aliphatic rings. The quantitative estimate of drug-likeness (QED) is 0.463. The first-order valence-corrected chi connectivity index (χ1v) is 11.7. The van der Waals surface area contributed by atoms with Gasteiger partial charge < -0.3 is 19.5 Å². The molecule has 0 saturated carbocycles. The SMILES string of the molecule is CCOc1ccc(NS(=O)(=O)c2cc(NC(=O)Cc3cccc(OC)c3)ccc2OC)cc1. The number of amides is 1. The van der Waals surface area contributed by atoms with Crippen molar-refractivity contribution in [2.24, 2.45) is 0 Å². The highest BCUT2D eigenvalue weighted by Crippen LogP contribution is 2.29. The first-order valence-electron chi connectivity index (χ1n) is 10.2. The molecule has 174 valence electrons. The van der Waals surface area contributed by atoms with Crippen molar-refractivity contribution >= 4 is 27.3 Å². The van der Waals surface area contributed by atoms with E-state index in [9.17, 15) is 13.2 Å². The number of anilines is 2. The lowest BCUT2D eigenvalue weighted by atomic mass is 10.1. The molecule has 0 aliphatic carbocycles. The molecule has 0 aromatic heterocycles. The third kappa shape index (κ3) is 6.39. The molecule has 9 heteroatoms. The Balaban J connectivity index is 1.78. The van der Waals surface area contributed by atoms with Gasteiger partial charge in [-0.25, -0.2) is 8.42 Å². The van der Waals surface area contributed by atoms with Gasteiger partial charge >= 0.3 is 0 Å².